The average molecular weight is 593 g/mol. The number of rotatable bonds is 14. The molecule has 1 amide bonds. The Bertz CT molecular complexity index is 1550. The largest absolute Gasteiger partial charge is 0.492 e. The van der Waals surface area contributed by atoms with Crippen LogP contribution in [-0.2, 0) is 27.3 Å². The zero-order chi connectivity index (χ0) is 31.5. The van der Waals surface area contributed by atoms with Gasteiger partial charge in [-0.05, 0) is 42.3 Å². The summed E-state index contributed by atoms with van der Waals surface area (Å²) in [6.45, 7) is 7.19. The molecule has 1 N–H and O–H groups in total. The lowest BCUT2D eigenvalue weighted by Gasteiger charge is -2.25. The Morgan fingerprint density at radius 1 is 0.818 bits per heavy atom. The number of esters is 1. The summed E-state index contributed by atoms with van der Waals surface area (Å²) in [5.41, 5.74) is 4.74. The van der Waals surface area contributed by atoms with Crippen molar-refractivity contribution in [1.82, 2.24) is 4.90 Å². The molecule has 44 heavy (non-hydrogen) atoms. The average Bonchev–Trinajstić information content (AvgIpc) is 3.04. The van der Waals surface area contributed by atoms with E-state index in [0.29, 0.717) is 48.7 Å². The van der Waals surface area contributed by atoms with Gasteiger partial charge in [-0.3, -0.25) is 9.59 Å². The van der Waals surface area contributed by atoms with Crippen LogP contribution in [0.3, 0.4) is 0 Å². The molecule has 0 saturated carbocycles. The van der Waals surface area contributed by atoms with Gasteiger partial charge >= 0.3 is 5.97 Å². The first-order valence-corrected chi connectivity index (χ1v) is 14.8. The van der Waals surface area contributed by atoms with Crippen molar-refractivity contribution in [2.75, 3.05) is 25.6 Å². The molecule has 0 spiro atoms. The molecule has 1 unspecified atom stereocenters. The third kappa shape index (κ3) is 8.80. The van der Waals surface area contributed by atoms with Crippen molar-refractivity contribution < 1.29 is 23.9 Å². The van der Waals surface area contributed by atoms with E-state index in [1.165, 1.54) is 7.11 Å². The van der Waals surface area contributed by atoms with Crippen molar-refractivity contribution >= 4 is 23.3 Å². The zero-order valence-corrected chi connectivity index (χ0v) is 25.8. The topological polar surface area (TPSA) is 84.9 Å². The molecule has 0 aromatic heterocycles. The molecule has 4 aromatic rings. The predicted octanol–water partition coefficient (Wildman–Crippen LogP) is 6.49. The van der Waals surface area contributed by atoms with Crippen LogP contribution in [-0.4, -0.2) is 48.9 Å². The monoisotopic (exact) mass is 592 g/mol. The van der Waals surface area contributed by atoms with Crippen molar-refractivity contribution in [3.05, 3.63) is 131 Å². The minimum atomic E-state index is -0.714. The first-order valence-electron chi connectivity index (χ1n) is 14.8. The fraction of sp³-hybridized carbons (Fsp3) is 0.270. The summed E-state index contributed by atoms with van der Waals surface area (Å²) in [5, 5.41) is 3.24. The quantitative estimate of drug-likeness (QED) is 0.133. The van der Waals surface area contributed by atoms with Gasteiger partial charge < -0.3 is 19.7 Å². The molecule has 0 heterocycles. The second-order valence-electron chi connectivity index (χ2n) is 11.1. The molecule has 0 fully saturated rings. The first-order chi connectivity index (χ1) is 21.2. The van der Waals surface area contributed by atoms with Gasteiger partial charge in [0.1, 0.15) is 18.4 Å². The highest BCUT2D eigenvalue weighted by atomic mass is 16.5. The Morgan fingerprint density at radius 2 is 1.52 bits per heavy atom. The number of carbonyl (C=O) groups excluding carboxylic acids is 3. The maximum atomic E-state index is 13.2. The zero-order valence-electron chi connectivity index (χ0n) is 25.8. The fourth-order valence-corrected chi connectivity index (χ4v) is 4.97. The molecular formula is C37H40N2O5. The fourth-order valence-electron chi connectivity index (χ4n) is 4.97. The number of nitrogens with zero attached hydrogens (tertiary/aromatic N) is 1. The van der Waals surface area contributed by atoms with Gasteiger partial charge in [0.15, 0.2) is 5.78 Å². The summed E-state index contributed by atoms with van der Waals surface area (Å²) in [5.74, 6) is 0.0718. The number of nitrogens with one attached hydrogen (secondary N) is 1. The Morgan fingerprint density at radius 3 is 2.20 bits per heavy atom. The summed E-state index contributed by atoms with van der Waals surface area (Å²) >= 11 is 0. The van der Waals surface area contributed by atoms with Crippen molar-refractivity contribution in [1.29, 1.82) is 0 Å². The molecule has 228 valence electrons. The van der Waals surface area contributed by atoms with Crippen LogP contribution in [0.15, 0.2) is 103 Å². The molecule has 4 rings (SSSR count). The molecule has 0 saturated heterocycles. The maximum absolute atomic E-state index is 13.2. The van der Waals surface area contributed by atoms with E-state index in [1.807, 2.05) is 92.4 Å². The summed E-state index contributed by atoms with van der Waals surface area (Å²) in [6, 6.07) is 31.2. The number of ether oxygens (including phenoxy) is 2. The standard InChI is InChI=1S/C37H40N2O5/c1-26(2)36(41)39(25-29-12-10-11-27(3)23-29)21-22-44-31-19-17-28(18-20-31)24-34(37(42)43-4)38-33-16-9-8-15-32(33)35(40)30-13-6-5-7-14-30/h5-20,23,26,34,38H,21-22,24-25H2,1-4H3. The normalized spacial score (nSPS) is 11.5. The lowest BCUT2D eigenvalue weighted by molar-refractivity contribution is -0.141. The van der Waals surface area contributed by atoms with E-state index in [2.05, 4.69) is 11.4 Å². The van der Waals surface area contributed by atoms with E-state index in [1.54, 1.807) is 30.3 Å². The Balaban J connectivity index is 1.39. The SMILES string of the molecule is COC(=O)C(Cc1ccc(OCCN(Cc2cccc(C)c2)C(=O)C(C)C)cc1)Nc1ccccc1C(=O)c1ccccc1. The summed E-state index contributed by atoms with van der Waals surface area (Å²) in [4.78, 5) is 40.7. The number of aryl methyl sites for hydroxylation is 1. The smallest absolute Gasteiger partial charge is 0.328 e. The number of benzene rings is 4. The lowest BCUT2D eigenvalue weighted by Crippen LogP contribution is -2.36. The third-order valence-corrected chi connectivity index (χ3v) is 7.28. The van der Waals surface area contributed by atoms with E-state index in [0.717, 1.165) is 16.7 Å². The van der Waals surface area contributed by atoms with Gasteiger partial charge in [-0.25, -0.2) is 4.79 Å². The van der Waals surface area contributed by atoms with Crippen LogP contribution in [0.1, 0.15) is 46.5 Å². The summed E-state index contributed by atoms with van der Waals surface area (Å²) in [7, 11) is 1.35. The Hall–Kier alpha value is -4.91. The molecule has 7 nitrogen and oxygen atoms in total. The molecule has 0 radical (unpaired) electrons. The minimum Gasteiger partial charge on any atom is -0.492 e. The Kier molecular flexibility index (Phi) is 11.3. The van der Waals surface area contributed by atoms with E-state index in [-0.39, 0.29) is 17.6 Å². The lowest BCUT2D eigenvalue weighted by atomic mass is 10.00. The third-order valence-electron chi connectivity index (χ3n) is 7.28. The van der Waals surface area contributed by atoms with Crippen LogP contribution in [0.5, 0.6) is 5.75 Å². The van der Waals surface area contributed by atoms with Gasteiger partial charge in [-0.1, -0.05) is 98.3 Å². The van der Waals surface area contributed by atoms with Crippen molar-refractivity contribution in [3.63, 3.8) is 0 Å². The van der Waals surface area contributed by atoms with Crippen molar-refractivity contribution in [2.24, 2.45) is 5.92 Å². The molecule has 7 heteroatoms. The highest BCUT2D eigenvalue weighted by Gasteiger charge is 2.23. The predicted molar refractivity (Wildman–Crippen MR) is 173 cm³/mol. The number of carbonyl (C=O) groups is 3. The second-order valence-corrected chi connectivity index (χ2v) is 11.1. The molecule has 4 aromatic carbocycles. The Labute approximate surface area is 259 Å². The molecule has 0 aliphatic rings. The summed E-state index contributed by atoms with van der Waals surface area (Å²) < 4.78 is 11.1. The number of amides is 1. The number of hydrogen-bond donors (Lipinski definition) is 1. The highest BCUT2D eigenvalue weighted by Crippen LogP contribution is 2.22. The number of para-hydroxylation sites is 1. The second kappa shape index (κ2) is 15.5. The van der Waals surface area contributed by atoms with Crippen molar-refractivity contribution in [2.45, 2.75) is 39.8 Å². The van der Waals surface area contributed by atoms with E-state index in [9.17, 15) is 14.4 Å². The van der Waals surface area contributed by atoms with Crippen LogP contribution in [0.25, 0.3) is 0 Å². The number of ketones is 1. The maximum Gasteiger partial charge on any atom is 0.328 e. The highest BCUT2D eigenvalue weighted by molar-refractivity contribution is 6.12. The van der Waals surface area contributed by atoms with E-state index < -0.39 is 12.0 Å². The van der Waals surface area contributed by atoms with Gasteiger partial charge in [0.05, 0.1) is 13.7 Å². The van der Waals surface area contributed by atoms with Gasteiger partial charge in [-0.2, -0.15) is 0 Å². The number of anilines is 1. The van der Waals surface area contributed by atoms with Crippen LogP contribution >= 0.6 is 0 Å². The van der Waals surface area contributed by atoms with Crippen LogP contribution < -0.4 is 10.1 Å². The van der Waals surface area contributed by atoms with Crippen LogP contribution in [0.4, 0.5) is 5.69 Å². The van der Waals surface area contributed by atoms with Crippen LogP contribution in [0.2, 0.25) is 0 Å². The van der Waals surface area contributed by atoms with Gasteiger partial charge in [-0.15, -0.1) is 0 Å². The first kappa shape index (κ1) is 32.0. The van der Waals surface area contributed by atoms with E-state index >= 15 is 0 Å². The number of methoxy groups -OCH3 is 1. The number of hydrogen-bond acceptors (Lipinski definition) is 6. The van der Waals surface area contributed by atoms with E-state index in [4.69, 9.17) is 9.47 Å². The molecule has 0 aliphatic heterocycles. The molecular weight excluding hydrogens is 552 g/mol. The van der Waals surface area contributed by atoms with Crippen LogP contribution in [0, 0.1) is 12.8 Å². The molecule has 1 atom stereocenters. The van der Waals surface area contributed by atoms with Crippen molar-refractivity contribution in [3.8, 4) is 5.75 Å². The van der Waals surface area contributed by atoms with Gasteiger partial charge in [0, 0.05) is 35.7 Å². The van der Waals surface area contributed by atoms with Gasteiger partial charge in [0.2, 0.25) is 5.91 Å². The molecule has 0 bridgehead atoms. The molecule has 0 aliphatic carbocycles. The van der Waals surface area contributed by atoms with Gasteiger partial charge in [0.25, 0.3) is 0 Å². The minimum absolute atomic E-state index is 0.0823. The summed E-state index contributed by atoms with van der Waals surface area (Å²) in [6.07, 6.45) is 0.341.